The normalized spacial score (nSPS) is 10.3. The van der Waals surface area contributed by atoms with E-state index in [2.05, 4.69) is 22.4 Å². The van der Waals surface area contributed by atoms with Crippen LogP contribution in [0.4, 0.5) is 0 Å². The molecule has 0 radical (unpaired) electrons. The van der Waals surface area contributed by atoms with Crippen LogP contribution in [0.3, 0.4) is 0 Å². The molecule has 0 fully saturated rings. The molecule has 3 rings (SSSR count). The van der Waals surface area contributed by atoms with E-state index in [4.69, 9.17) is 10.5 Å². The van der Waals surface area contributed by atoms with Crippen LogP contribution in [0, 0.1) is 6.92 Å². The van der Waals surface area contributed by atoms with Crippen molar-refractivity contribution < 1.29 is 9.53 Å². The average Bonchev–Trinajstić information content (AvgIpc) is 3.12. The summed E-state index contributed by atoms with van der Waals surface area (Å²) in [4.78, 5) is 14.8. The topological polar surface area (TPSA) is 86.3 Å². The lowest BCUT2D eigenvalue weighted by Crippen LogP contribution is -2.37. The van der Waals surface area contributed by atoms with Crippen LogP contribution in [0.5, 0.6) is 5.75 Å². The highest BCUT2D eigenvalue weighted by Crippen LogP contribution is 2.17. The molecule has 0 aliphatic heterocycles. The van der Waals surface area contributed by atoms with Gasteiger partial charge in [-0.1, -0.05) is 35.5 Å². The van der Waals surface area contributed by atoms with E-state index in [1.54, 1.807) is 16.7 Å². The van der Waals surface area contributed by atoms with Crippen molar-refractivity contribution in [2.45, 2.75) is 13.3 Å². The summed E-state index contributed by atoms with van der Waals surface area (Å²) in [6.45, 7) is 3.29. The molecule has 0 aliphatic carbocycles. The first kappa shape index (κ1) is 22.4. The molecule has 0 saturated carbocycles. The highest BCUT2D eigenvalue weighted by Gasteiger charge is 2.22. The number of halogens is 1. The van der Waals surface area contributed by atoms with Gasteiger partial charge in [-0.25, -0.2) is 4.68 Å². The number of ether oxygens (including phenoxy) is 1. The zero-order valence-corrected chi connectivity index (χ0v) is 17.4. The largest absolute Gasteiger partial charge is 0.497 e. The molecule has 1 amide bonds. The van der Waals surface area contributed by atoms with Gasteiger partial charge in [0.05, 0.1) is 18.5 Å². The number of benzene rings is 2. The maximum Gasteiger partial charge on any atom is 0.276 e. The molecule has 3 aromatic rings. The summed E-state index contributed by atoms with van der Waals surface area (Å²) < 4.78 is 6.84. The fraction of sp³-hybridized carbons (Fsp3) is 0.286. The van der Waals surface area contributed by atoms with Crippen LogP contribution in [-0.4, -0.2) is 52.5 Å². The molecule has 7 nitrogen and oxygen atoms in total. The first-order valence-corrected chi connectivity index (χ1v) is 9.24. The van der Waals surface area contributed by atoms with E-state index in [9.17, 15) is 4.79 Å². The first-order chi connectivity index (χ1) is 13.6. The predicted octanol–water partition coefficient (Wildman–Crippen LogP) is 2.65. The molecule has 8 heteroatoms. The van der Waals surface area contributed by atoms with E-state index in [1.807, 2.05) is 49.4 Å². The number of amides is 1. The van der Waals surface area contributed by atoms with E-state index >= 15 is 0 Å². The minimum absolute atomic E-state index is 0. The molecule has 1 heterocycles. The SMILES string of the molecule is COc1ccc(-n2nnc(C(=O)N(CCN)CCc3ccccc3)c2C)cc1.Cl. The summed E-state index contributed by atoms with van der Waals surface area (Å²) in [5.41, 5.74) is 8.76. The predicted molar refractivity (Wildman–Crippen MR) is 115 cm³/mol. The van der Waals surface area contributed by atoms with Gasteiger partial charge in [0.15, 0.2) is 5.69 Å². The molecule has 0 aliphatic rings. The third-order valence-corrected chi connectivity index (χ3v) is 4.61. The van der Waals surface area contributed by atoms with E-state index in [1.165, 1.54) is 5.56 Å². The molecule has 2 aromatic carbocycles. The second kappa shape index (κ2) is 10.6. The number of methoxy groups -OCH3 is 1. The van der Waals surface area contributed by atoms with Gasteiger partial charge >= 0.3 is 0 Å². The van der Waals surface area contributed by atoms with Gasteiger partial charge < -0.3 is 15.4 Å². The van der Waals surface area contributed by atoms with E-state index < -0.39 is 0 Å². The monoisotopic (exact) mass is 415 g/mol. The van der Waals surface area contributed by atoms with Crippen molar-refractivity contribution in [3.05, 3.63) is 71.5 Å². The fourth-order valence-corrected chi connectivity index (χ4v) is 3.02. The Hall–Kier alpha value is -2.90. The van der Waals surface area contributed by atoms with E-state index in [-0.39, 0.29) is 18.3 Å². The Labute approximate surface area is 176 Å². The van der Waals surface area contributed by atoms with Gasteiger partial charge in [0.25, 0.3) is 5.91 Å². The zero-order chi connectivity index (χ0) is 19.9. The van der Waals surface area contributed by atoms with Crippen molar-refractivity contribution in [2.24, 2.45) is 5.73 Å². The van der Waals surface area contributed by atoms with Crippen molar-refractivity contribution in [2.75, 3.05) is 26.7 Å². The molecule has 2 N–H and O–H groups in total. The fourth-order valence-electron chi connectivity index (χ4n) is 3.02. The number of carbonyl (C=O) groups excluding carboxylic acids is 1. The summed E-state index contributed by atoms with van der Waals surface area (Å²) in [7, 11) is 1.62. The Kier molecular flexibility index (Phi) is 8.18. The first-order valence-electron chi connectivity index (χ1n) is 9.24. The van der Waals surface area contributed by atoms with Crippen LogP contribution in [0.25, 0.3) is 5.69 Å². The molecule has 0 saturated heterocycles. The second-order valence-corrected chi connectivity index (χ2v) is 6.45. The Morgan fingerprint density at radius 1 is 1.10 bits per heavy atom. The quantitative estimate of drug-likeness (QED) is 0.611. The Bertz CT molecular complexity index is 913. The molecule has 154 valence electrons. The molecule has 0 bridgehead atoms. The Balaban J connectivity index is 0.00000300. The van der Waals surface area contributed by atoms with Gasteiger partial charge in [-0.2, -0.15) is 0 Å². The lowest BCUT2D eigenvalue weighted by Gasteiger charge is -2.21. The smallest absolute Gasteiger partial charge is 0.276 e. The number of nitrogens with zero attached hydrogens (tertiary/aromatic N) is 4. The summed E-state index contributed by atoms with van der Waals surface area (Å²) >= 11 is 0. The number of rotatable bonds is 8. The van der Waals surface area contributed by atoms with Crippen LogP contribution in [0.1, 0.15) is 21.7 Å². The summed E-state index contributed by atoms with van der Waals surface area (Å²) in [6.07, 6.45) is 0.762. The maximum atomic E-state index is 13.1. The van der Waals surface area contributed by atoms with Crippen molar-refractivity contribution in [1.82, 2.24) is 19.9 Å². The molecule has 29 heavy (non-hydrogen) atoms. The van der Waals surface area contributed by atoms with Gasteiger partial charge in [0.2, 0.25) is 0 Å². The molecule has 1 aromatic heterocycles. The van der Waals surface area contributed by atoms with E-state index in [0.717, 1.165) is 17.9 Å². The standard InChI is InChI=1S/C21H25N5O2.ClH/c1-16-20(23-24-26(16)18-8-10-19(28-2)11-9-18)21(27)25(15-13-22)14-12-17-6-4-3-5-7-17;/h3-11H,12-15,22H2,1-2H3;1H. The minimum atomic E-state index is -0.154. The number of hydrogen-bond donors (Lipinski definition) is 1. The Morgan fingerprint density at radius 3 is 2.41 bits per heavy atom. The van der Waals surface area contributed by atoms with Crippen molar-refractivity contribution in [3.63, 3.8) is 0 Å². The highest BCUT2D eigenvalue weighted by atomic mass is 35.5. The minimum Gasteiger partial charge on any atom is -0.497 e. The molecular formula is C21H26ClN5O2. The van der Waals surface area contributed by atoms with Crippen LogP contribution < -0.4 is 10.5 Å². The van der Waals surface area contributed by atoms with Crippen molar-refractivity contribution >= 4 is 18.3 Å². The van der Waals surface area contributed by atoms with Gasteiger partial charge in [-0.05, 0) is 43.2 Å². The number of carbonyl (C=O) groups is 1. The highest BCUT2D eigenvalue weighted by molar-refractivity contribution is 5.93. The van der Waals surface area contributed by atoms with Crippen LogP contribution in [-0.2, 0) is 6.42 Å². The zero-order valence-electron chi connectivity index (χ0n) is 16.6. The van der Waals surface area contributed by atoms with Crippen molar-refractivity contribution in [1.29, 1.82) is 0 Å². The number of nitrogens with two attached hydrogens (primary N) is 1. The Morgan fingerprint density at radius 2 is 1.79 bits per heavy atom. The van der Waals surface area contributed by atoms with Gasteiger partial charge in [0.1, 0.15) is 5.75 Å². The van der Waals surface area contributed by atoms with Gasteiger partial charge in [0, 0.05) is 19.6 Å². The summed E-state index contributed by atoms with van der Waals surface area (Å²) in [6, 6.07) is 17.5. The average molecular weight is 416 g/mol. The van der Waals surface area contributed by atoms with Crippen LogP contribution >= 0.6 is 12.4 Å². The lowest BCUT2D eigenvalue weighted by molar-refractivity contribution is 0.0755. The molecular weight excluding hydrogens is 390 g/mol. The van der Waals surface area contributed by atoms with Crippen LogP contribution in [0.15, 0.2) is 54.6 Å². The third kappa shape index (κ3) is 5.34. The van der Waals surface area contributed by atoms with Crippen molar-refractivity contribution in [3.8, 4) is 11.4 Å². The van der Waals surface area contributed by atoms with Crippen LogP contribution in [0.2, 0.25) is 0 Å². The summed E-state index contributed by atoms with van der Waals surface area (Å²) in [5.74, 6) is 0.603. The van der Waals surface area contributed by atoms with Gasteiger partial charge in [-0.3, -0.25) is 4.79 Å². The molecule has 0 unspecified atom stereocenters. The van der Waals surface area contributed by atoms with Gasteiger partial charge in [-0.15, -0.1) is 17.5 Å². The maximum absolute atomic E-state index is 13.1. The molecule has 0 atom stereocenters. The van der Waals surface area contributed by atoms with E-state index in [0.29, 0.717) is 31.0 Å². The summed E-state index contributed by atoms with van der Waals surface area (Å²) in [5, 5.41) is 8.31. The molecule has 0 spiro atoms. The number of aromatic nitrogens is 3. The lowest BCUT2D eigenvalue weighted by atomic mass is 10.1. The second-order valence-electron chi connectivity index (χ2n) is 6.45. The third-order valence-electron chi connectivity index (χ3n) is 4.61. The number of hydrogen-bond acceptors (Lipinski definition) is 5.